The number of anilines is 1. The molecule has 0 fully saturated rings. The van der Waals surface area contributed by atoms with Crippen LogP contribution in [0.15, 0.2) is 24.5 Å². The van der Waals surface area contributed by atoms with Crippen LogP contribution in [0.3, 0.4) is 0 Å². The van der Waals surface area contributed by atoms with Gasteiger partial charge in [-0.2, -0.15) is 0 Å². The first-order valence-corrected chi connectivity index (χ1v) is 6.99. The largest absolute Gasteiger partial charge is 0.327 e. The van der Waals surface area contributed by atoms with Gasteiger partial charge < -0.3 is 11.1 Å². The minimum absolute atomic E-state index is 0.0760. The Bertz CT molecular complexity index is 596. The molecule has 0 radical (unpaired) electrons. The molecule has 1 unspecified atom stereocenters. The normalized spacial score (nSPS) is 12.1. The average molecular weight is 288 g/mol. The van der Waals surface area contributed by atoms with Gasteiger partial charge in [-0.05, 0) is 41.5 Å². The Labute approximate surface area is 123 Å². The first kappa shape index (κ1) is 15.1. The molecule has 7 nitrogen and oxygen atoms in total. The maximum Gasteiger partial charge on any atom is 0.225 e. The Morgan fingerprint density at radius 1 is 1.48 bits per heavy atom. The fourth-order valence-corrected chi connectivity index (χ4v) is 2.08. The van der Waals surface area contributed by atoms with E-state index in [0.717, 1.165) is 29.8 Å². The number of hydrogen-bond acceptors (Lipinski definition) is 5. The van der Waals surface area contributed by atoms with Gasteiger partial charge in [0.05, 0.1) is 5.69 Å². The number of carbonyl (C=O) groups is 1. The number of nitrogens with zero attached hydrogens (tertiary/aromatic N) is 4. The zero-order chi connectivity index (χ0) is 15.2. The molecule has 0 saturated heterocycles. The number of hydrogen-bond donors (Lipinski definition) is 2. The fraction of sp³-hybridized carbons (Fsp3) is 0.429. The van der Waals surface area contributed by atoms with Crippen LogP contribution >= 0.6 is 0 Å². The van der Waals surface area contributed by atoms with E-state index in [4.69, 9.17) is 5.73 Å². The van der Waals surface area contributed by atoms with Crippen LogP contribution in [0.5, 0.6) is 0 Å². The van der Waals surface area contributed by atoms with E-state index >= 15 is 0 Å². The van der Waals surface area contributed by atoms with Crippen molar-refractivity contribution in [2.75, 3.05) is 5.32 Å². The lowest BCUT2D eigenvalue weighted by molar-refractivity contribution is -0.116. The predicted molar refractivity (Wildman–Crippen MR) is 80.0 cm³/mol. The SMILES string of the molecule is CCCC(N)CC(=O)Nc1cc(-n2cnnn2)ccc1C. The first-order valence-electron chi connectivity index (χ1n) is 6.99. The first-order chi connectivity index (χ1) is 10.1. The maximum atomic E-state index is 12.0. The summed E-state index contributed by atoms with van der Waals surface area (Å²) in [5.74, 6) is -0.0760. The Morgan fingerprint density at radius 2 is 2.29 bits per heavy atom. The molecule has 1 amide bonds. The van der Waals surface area contributed by atoms with Crippen molar-refractivity contribution in [3.05, 3.63) is 30.1 Å². The van der Waals surface area contributed by atoms with Gasteiger partial charge >= 0.3 is 0 Å². The molecule has 7 heteroatoms. The highest BCUT2D eigenvalue weighted by molar-refractivity contribution is 5.92. The monoisotopic (exact) mass is 288 g/mol. The molecule has 0 aliphatic rings. The topological polar surface area (TPSA) is 98.7 Å². The molecule has 2 aromatic rings. The van der Waals surface area contributed by atoms with Gasteiger partial charge in [0.1, 0.15) is 6.33 Å². The maximum absolute atomic E-state index is 12.0. The third kappa shape index (κ3) is 4.09. The molecule has 112 valence electrons. The minimum atomic E-state index is -0.0991. The molecule has 1 atom stereocenters. The van der Waals surface area contributed by atoms with Crippen LogP contribution in [0.2, 0.25) is 0 Å². The quantitative estimate of drug-likeness (QED) is 0.837. The van der Waals surface area contributed by atoms with Crippen LogP contribution < -0.4 is 11.1 Å². The number of nitrogens with one attached hydrogen (secondary N) is 1. The molecule has 21 heavy (non-hydrogen) atoms. The molecule has 0 bridgehead atoms. The van der Waals surface area contributed by atoms with Crippen molar-refractivity contribution in [2.24, 2.45) is 5.73 Å². The summed E-state index contributed by atoms with van der Waals surface area (Å²) >= 11 is 0. The molecule has 1 aromatic heterocycles. The highest BCUT2D eigenvalue weighted by atomic mass is 16.1. The van der Waals surface area contributed by atoms with Gasteiger partial charge in [0, 0.05) is 18.2 Å². The zero-order valence-electron chi connectivity index (χ0n) is 12.3. The molecule has 1 aromatic carbocycles. The van der Waals surface area contributed by atoms with Gasteiger partial charge in [0.25, 0.3) is 0 Å². The summed E-state index contributed by atoms with van der Waals surface area (Å²) in [7, 11) is 0. The number of benzene rings is 1. The lowest BCUT2D eigenvalue weighted by Crippen LogP contribution is -2.27. The van der Waals surface area contributed by atoms with Crippen LogP contribution in [0.25, 0.3) is 5.69 Å². The van der Waals surface area contributed by atoms with E-state index in [0.29, 0.717) is 6.42 Å². The number of tetrazole rings is 1. The molecule has 0 aliphatic carbocycles. The van der Waals surface area contributed by atoms with Crippen molar-refractivity contribution in [3.63, 3.8) is 0 Å². The number of aryl methyl sites for hydroxylation is 1. The Kier molecular flexibility index (Phi) is 4.99. The molecule has 0 spiro atoms. The molecule has 2 rings (SSSR count). The third-order valence-corrected chi connectivity index (χ3v) is 3.22. The van der Waals surface area contributed by atoms with Gasteiger partial charge in [0.2, 0.25) is 5.91 Å². The van der Waals surface area contributed by atoms with Gasteiger partial charge in [-0.15, -0.1) is 5.10 Å². The molecular weight excluding hydrogens is 268 g/mol. The minimum Gasteiger partial charge on any atom is -0.327 e. The lowest BCUT2D eigenvalue weighted by Gasteiger charge is -2.13. The average Bonchev–Trinajstić information content (AvgIpc) is 2.95. The lowest BCUT2D eigenvalue weighted by atomic mass is 10.1. The molecule has 1 heterocycles. The molecule has 3 N–H and O–H groups in total. The standard InChI is InChI=1S/C14H20N6O/c1-3-4-11(15)7-14(21)17-13-8-12(6-5-10(13)2)20-9-16-18-19-20/h5-6,8-9,11H,3-4,7,15H2,1-2H3,(H,17,21). The summed E-state index contributed by atoms with van der Waals surface area (Å²) < 4.78 is 1.54. The molecule has 0 saturated carbocycles. The summed E-state index contributed by atoms with van der Waals surface area (Å²) in [4.78, 5) is 12.0. The predicted octanol–water partition coefficient (Wildman–Crippen LogP) is 1.43. The van der Waals surface area contributed by atoms with Gasteiger partial charge in [-0.1, -0.05) is 19.4 Å². The third-order valence-electron chi connectivity index (χ3n) is 3.22. The number of aromatic nitrogens is 4. The van der Waals surface area contributed by atoms with Gasteiger partial charge in [-0.3, -0.25) is 4.79 Å². The van der Waals surface area contributed by atoms with Crippen LogP contribution in [-0.2, 0) is 4.79 Å². The van der Waals surface area contributed by atoms with Gasteiger partial charge in [0.15, 0.2) is 0 Å². The van der Waals surface area contributed by atoms with Crippen molar-refractivity contribution in [3.8, 4) is 5.69 Å². The van der Waals surface area contributed by atoms with Crippen molar-refractivity contribution in [2.45, 2.75) is 39.2 Å². The van der Waals surface area contributed by atoms with E-state index in [1.807, 2.05) is 25.1 Å². The number of nitrogens with two attached hydrogens (primary N) is 1. The van der Waals surface area contributed by atoms with Crippen LogP contribution in [-0.4, -0.2) is 32.2 Å². The van der Waals surface area contributed by atoms with E-state index in [1.165, 1.54) is 11.0 Å². The van der Waals surface area contributed by atoms with E-state index in [1.54, 1.807) is 0 Å². The second-order valence-corrected chi connectivity index (χ2v) is 5.05. The molecular formula is C14H20N6O. The van der Waals surface area contributed by atoms with Crippen LogP contribution in [0, 0.1) is 6.92 Å². The summed E-state index contributed by atoms with van der Waals surface area (Å²) in [6.07, 6.45) is 3.65. The Balaban J connectivity index is 2.09. The van der Waals surface area contributed by atoms with E-state index < -0.39 is 0 Å². The second-order valence-electron chi connectivity index (χ2n) is 5.05. The summed E-state index contributed by atoms with van der Waals surface area (Å²) in [6, 6.07) is 5.55. The fourth-order valence-electron chi connectivity index (χ4n) is 2.08. The summed E-state index contributed by atoms with van der Waals surface area (Å²) in [5, 5.41) is 13.9. The number of amides is 1. The number of carbonyl (C=O) groups excluding carboxylic acids is 1. The van der Waals surface area contributed by atoms with E-state index in [-0.39, 0.29) is 11.9 Å². The Hall–Kier alpha value is -2.28. The smallest absolute Gasteiger partial charge is 0.225 e. The van der Waals surface area contributed by atoms with Crippen molar-refractivity contribution in [1.29, 1.82) is 0 Å². The van der Waals surface area contributed by atoms with Gasteiger partial charge in [-0.25, -0.2) is 4.68 Å². The van der Waals surface area contributed by atoms with Crippen molar-refractivity contribution >= 4 is 11.6 Å². The number of rotatable bonds is 6. The van der Waals surface area contributed by atoms with Crippen molar-refractivity contribution < 1.29 is 4.79 Å². The van der Waals surface area contributed by atoms with E-state index in [9.17, 15) is 4.79 Å². The highest BCUT2D eigenvalue weighted by Crippen LogP contribution is 2.19. The van der Waals surface area contributed by atoms with E-state index in [2.05, 4.69) is 27.8 Å². The highest BCUT2D eigenvalue weighted by Gasteiger charge is 2.11. The molecule has 0 aliphatic heterocycles. The van der Waals surface area contributed by atoms with Crippen molar-refractivity contribution in [1.82, 2.24) is 20.2 Å². The van der Waals surface area contributed by atoms with Crippen LogP contribution in [0.1, 0.15) is 31.7 Å². The summed E-state index contributed by atoms with van der Waals surface area (Å²) in [6.45, 7) is 3.99. The Morgan fingerprint density at radius 3 is 2.95 bits per heavy atom. The van der Waals surface area contributed by atoms with Crippen LogP contribution in [0.4, 0.5) is 5.69 Å². The second kappa shape index (κ2) is 6.94. The zero-order valence-corrected chi connectivity index (χ0v) is 12.3. The summed E-state index contributed by atoms with van der Waals surface area (Å²) in [5.41, 5.74) is 8.41.